The van der Waals surface area contributed by atoms with Gasteiger partial charge in [0.15, 0.2) is 0 Å². The van der Waals surface area contributed by atoms with Crippen LogP contribution < -0.4 is 5.32 Å². The van der Waals surface area contributed by atoms with Gasteiger partial charge in [0.25, 0.3) is 0 Å². The van der Waals surface area contributed by atoms with Gasteiger partial charge in [-0.05, 0) is 25.3 Å². The van der Waals surface area contributed by atoms with Gasteiger partial charge in [-0.25, -0.2) is 4.98 Å². The van der Waals surface area contributed by atoms with Crippen LogP contribution in [0.15, 0.2) is 42.1 Å². The molecule has 154 valence electrons. The van der Waals surface area contributed by atoms with E-state index in [1.807, 2.05) is 0 Å². The Morgan fingerprint density at radius 3 is 2.79 bits per heavy atom. The Kier molecular flexibility index (Phi) is 5.89. The average Bonchev–Trinajstić information content (AvgIpc) is 3.41. The monoisotopic (exact) mass is 397 g/mol. The third-order valence-electron chi connectivity index (χ3n) is 5.76. The zero-order valence-electron chi connectivity index (χ0n) is 16.7. The summed E-state index contributed by atoms with van der Waals surface area (Å²) in [5.74, 6) is 0.0632. The van der Waals surface area contributed by atoms with E-state index in [0.717, 1.165) is 17.7 Å². The van der Waals surface area contributed by atoms with Crippen LogP contribution in [0.1, 0.15) is 36.8 Å². The predicted molar refractivity (Wildman–Crippen MR) is 107 cm³/mol. The number of nitrogens with zero attached hydrogens (tertiary/aromatic N) is 4. The first-order valence-corrected chi connectivity index (χ1v) is 10.1. The Hall–Kier alpha value is -2.74. The molecule has 1 aromatic heterocycles. The molecular weight excluding hydrogens is 370 g/mol. The van der Waals surface area contributed by atoms with E-state index in [0.29, 0.717) is 45.6 Å². The molecule has 0 unspecified atom stereocenters. The summed E-state index contributed by atoms with van der Waals surface area (Å²) in [5, 5.41) is 11.5. The number of benzene rings is 1. The zero-order valence-corrected chi connectivity index (χ0v) is 16.7. The van der Waals surface area contributed by atoms with Crippen molar-refractivity contribution in [2.45, 2.75) is 45.3 Å². The van der Waals surface area contributed by atoms with Crippen LogP contribution in [0, 0.1) is 12.3 Å². The van der Waals surface area contributed by atoms with Crippen LogP contribution >= 0.6 is 0 Å². The quantitative estimate of drug-likeness (QED) is 0.773. The molecule has 2 aliphatic rings. The molecule has 2 aliphatic heterocycles. The Morgan fingerprint density at radius 2 is 2.07 bits per heavy atom. The Morgan fingerprint density at radius 1 is 1.28 bits per heavy atom. The van der Waals surface area contributed by atoms with Crippen molar-refractivity contribution in [1.82, 2.24) is 20.1 Å². The van der Waals surface area contributed by atoms with E-state index in [1.54, 1.807) is 11.0 Å². The predicted octanol–water partition coefficient (Wildman–Crippen LogP) is 2.08. The van der Waals surface area contributed by atoms with E-state index in [2.05, 4.69) is 51.7 Å². The molecule has 2 aromatic rings. The maximum atomic E-state index is 13.1. The summed E-state index contributed by atoms with van der Waals surface area (Å²) in [6.45, 7) is 4.36. The van der Waals surface area contributed by atoms with Gasteiger partial charge in [0.05, 0.1) is 17.7 Å². The number of hydrogen-bond donors (Lipinski definition) is 1. The summed E-state index contributed by atoms with van der Waals surface area (Å²) in [5.41, 5.74) is 2.76. The number of amides is 1. The Bertz CT molecular complexity index is 842. The first kappa shape index (κ1) is 19.6. The standard InChI is InChI=1S/C21H27N5O3/c1-16-2-4-17(5-3-16)19-12-18(29-25-19)13-21(6-10-28-11-7-21)20(27)23-8-9-26-15-22-14-24-26/h2-5,14-15,18H,6-13H2,1H3,(H,23,27)/t18-/m0/s1. The number of ether oxygens (including phenoxy) is 1. The molecule has 1 atom stereocenters. The molecule has 1 fully saturated rings. The van der Waals surface area contributed by atoms with Crippen molar-refractivity contribution in [2.24, 2.45) is 10.6 Å². The lowest BCUT2D eigenvalue weighted by Crippen LogP contribution is -2.47. The van der Waals surface area contributed by atoms with E-state index in [4.69, 9.17) is 9.57 Å². The summed E-state index contributed by atoms with van der Waals surface area (Å²) in [6, 6.07) is 8.30. The van der Waals surface area contributed by atoms with Crippen molar-refractivity contribution in [1.29, 1.82) is 0 Å². The third kappa shape index (κ3) is 4.64. The number of hydrogen-bond acceptors (Lipinski definition) is 6. The smallest absolute Gasteiger partial charge is 0.226 e. The zero-order chi connectivity index (χ0) is 20.1. The second-order valence-electron chi connectivity index (χ2n) is 7.85. The first-order valence-electron chi connectivity index (χ1n) is 10.1. The minimum Gasteiger partial charge on any atom is -0.392 e. The second kappa shape index (κ2) is 8.73. The van der Waals surface area contributed by atoms with Crippen LogP contribution in [0.4, 0.5) is 0 Å². The minimum atomic E-state index is -0.483. The molecule has 0 aliphatic carbocycles. The normalized spacial score (nSPS) is 20.7. The SMILES string of the molecule is Cc1ccc(C2=NO[C@H](CC3(C(=O)NCCn4cncn4)CCOCC3)C2)cc1. The highest BCUT2D eigenvalue weighted by Gasteiger charge is 2.43. The number of rotatable bonds is 7. The van der Waals surface area contributed by atoms with Gasteiger partial charge >= 0.3 is 0 Å². The highest BCUT2D eigenvalue weighted by molar-refractivity contribution is 6.01. The highest BCUT2D eigenvalue weighted by atomic mass is 16.6. The molecule has 3 heterocycles. The molecule has 0 radical (unpaired) electrons. The van der Waals surface area contributed by atoms with Crippen LogP contribution in [0.5, 0.6) is 0 Å². The fraction of sp³-hybridized carbons (Fsp3) is 0.524. The minimum absolute atomic E-state index is 0.0632. The number of oxime groups is 1. The molecule has 0 bridgehead atoms. The molecule has 29 heavy (non-hydrogen) atoms. The molecule has 8 nitrogen and oxygen atoms in total. The van der Waals surface area contributed by atoms with E-state index < -0.39 is 5.41 Å². The van der Waals surface area contributed by atoms with Gasteiger partial charge < -0.3 is 14.9 Å². The molecule has 1 saturated heterocycles. The lowest BCUT2D eigenvalue weighted by Gasteiger charge is -2.36. The van der Waals surface area contributed by atoms with Crippen molar-refractivity contribution >= 4 is 11.6 Å². The summed E-state index contributed by atoms with van der Waals surface area (Å²) < 4.78 is 7.24. The van der Waals surface area contributed by atoms with Crippen LogP contribution in [-0.2, 0) is 20.9 Å². The third-order valence-corrected chi connectivity index (χ3v) is 5.76. The van der Waals surface area contributed by atoms with E-state index >= 15 is 0 Å². The number of aromatic nitrogens is 3. The van der Waals surface area contributed by atoms with Crippen molar-refractivity contribution in [3.63, 3.8) is 0 Å². The topological polar surface area (TPSA) is 90.6 Å². The van der Waals surface area contributed by atoms with Crippen LogP contribution in [0.2, 0.25) is 0 Å². The highest BCUT2D eigenvalue weighted by Crippen LogP contribution is 2.38. The van der Waals surface area contributed by atoms with E-state index in [-0.39, 0.29) is 12.0 Å². The van der Waals surface area contributed by atoms with Gasteiger partial charge in [-0.2, -0.15) is 5.10 Å². The summed E-state index contributed by atoms with van der Waals surface area (Å²) >= 11 is 0. The lowest BCUT2D eigenvalue weighted by molar-refractivity contribution is -0.140. The van der Waals surface area contributed by atoms with E-state index in [9.17, 15) is 4.79 Å². The van der Waals surface area contributed by atoms with Gasteiger partial charge in [0.2, 0.25) is 5.91 Å². The van der Waals surface area contributed by atoms with Crippen molar-refractivity contribution in [3.8, 4) is 0 Å². The Labute approximate surface area is 170 Å². The Balaban J connectivity index is 1.36. The van der Waals surface area contributed by atoms with Crippen molar-refractivity contribution < 1.29 is 14.4 Å². The number of nitrogens with one attached hydrogen (secondary N) is 1. The number of carbonyl (C=O) groups excluding carboxylic acids is 1. The van der Waals surface area contributed by atoms with Gasteiger partial charge in [-0.15, -0.1) is 0 Å². The largest absolute Gasteiger partial charge is 0.392 e. The van der Waals surface area contributed by atoms with Crippen molar-refractivity contribution in [2.75, 3.05) is 19.8 Å². The number of aryl methyl sites for hydroxylation is 1. The molecule has 1 amide bonds. The molecule has 1 aromatic carbocycles. The van der Waals surface area contributed by atoms with E-state index in [1.165, 1.54) is 11.9 Å². The molecule has 1 N–H and O–H groups in total. The van der Waals surface area contributed by atoms with Gasteiger partial charge in [-0.1, -0.05) is 35.0 Å². The molecule has 0 spiro atoms. The summed E-state index contributed by atoms with van der Waals surface area (Å²) in [6.07, 6.45) is 5.80. The lowest BCUT2D eigenvalue weighted by atomic mass is 9.74. The van der Waals surface area contributed by atoms with Crippen LogP contribution in [0.25, 0.3) is 0 Å². The van der Waals surface area contributed by atoms with Gasteiger partial charge in [0, 0.05) is 32.6 Å². The summed E-state index contributed by atoms with van der Waals surface area (Å²) in [4.78, 5) is 22.8. The molecule has 0 saturated carbocycles. The second-order valence-corrected chi connectivity index (χ2v) is 7.85. The molecule has 8 heteroatoms. The van der Waals surface area contributed by atoms with Crippen molar-refractivity contribution in [3.05, 3.63) is 48.0 Å². The van der Waals surface area contributed by atoms with Gasteiger partial charge in [-0.3, -0.25) is 9.48 Å². The average molecular weight is 397 g/mol. The maximum Gasteiger partial charge on any atom is 0.226 e. The van der Waals surface area contributed by atoms with Crippen LogP contribution in [0.3, 0.4) is 0 Å². The van der Waals surface area contributed by atoms with Gasteiger partial charge in [0.1, 0.15) is 18.8 Å². The van der Waals surface area contributed by atoms with Crippen LogP contribution in [-0.4, -0.2) is 52.2 Å². The fourth-order valence-corrected chi connectivity index (χ4v) is 4.00. The summed E-state index contributed by atoms with van der Waals surface area (Å²) in [7, 11) is 0. The molecule has 4 rings (SSSR count). The molecular formula is C21H27N5O3. The fourth-order valence-electron chi connectivity index (χ4n) is 4.00. The first-order chi connectivity index (χ1) is 14.1. The number of carbonyl (C=O) groups is 1. The maximum absolute atomic E-state index is 13.1.